The van der Waals surface area contributed by atoms with Gasteiger partial charge < -0.3 is 20.4 Å². The maximum absolute atomic E-state index is 10.4. The summed E-state index contributed by atoms with van der Waals surface area (Å²) in [7, 11) is 0. The predicted molar refractivity (Wildman–Crippen MR) is 95.6 cm³/mol. The van der Waals surface area contributed by atoms with Gasteiger partial charge in [0.2, 0.25) is 0 Å². The van der Waals surface area contributed by atoms with Crippen molar-refractivity contribution in [3.05, 3.63) is 54.7 Å². The molecule has 0 saturated carbocycles. The Balaban J connectivity index is 0.000000220. The Morgan fingerprint density at radius 2 is 1.05 bits per heavy atom. The topological polar surface area (TPSA) is 115 Å². The fourth-order valence-corrected chi connectivity index (χ4v) is 2.32. The molecule has 8 heteroatoms. The van der Waals surface area contributed by atoms with E-state index in [9.17, 15) is 9.59 Å². The molecular formula is C14H10I2O6. The van der Waals surface area contributed by atoms with Gasteiger partial charge in [-0.05, 0) is 81.6 Å². The van der Waals surface area contributed by atoms with Gasteiger partial charge in [-0.25, -0.2) is 9.59 Å². The number of carboxylic acids is 2. The molecule has 2 rings (SSSR count). The van der Waals surface area contributed by atoms with E-state index in [-0.39, 0.29) is 22.6 Å². The van der Waals surface area contributed by atoms with Gasteiger partial charge in [0.05, 0.1) is 0 Å². The highest BCUT2D eigenvalue weighted by molar-refractivity contribution is 14.1. The van der Waals surface area contributed by atoms with E-state index in [0.29, 0.717) is 0 Å². The molecule has 0 aromatic heterocycles. The average Bonchev–Trinajstić information content (AvgIpc) is 2.38. The van der Waals surface area contributed by atoms with Crippen molar-refractivity contribution in [1.82, 2.24) is 0 Å². The van der Waals surface area contributed by atoms with Gasteiger partial charge in [0.15, 0.2) is 0 Å². The first-order valence-electron chi connectivity index (χ1n) is 5.66. The van der Waals surface area contributed by atoms with Crippen molar-refractivity contribution in [3.8, 4) is 11.5 Å². The SMILES string of the molecule is O=C(O)c1ccc(I)cc1O.O=C(O)c1ccc(I)cc1O. The summed E-state index contributed by atoms with van der Waals surface area (Å²) in [6.07, 6.45) is 0. The smallest absolute Gasteiger partial charge is 0.339 e. The Morgan fingerprint density at radius 1 is 0.727 bits per heavy atom. The molecule has 0 unspecified atom stereocenters. The molecule has 2 aromatic carbocycles. The fraction of sp³-hybridized carbons (Fsp3) is 0. The number of aromatic carboxylic acids is 2. The standard InChI is InChI=1S/2C7H5IO3/c2*8-4-1-2-5(7(10)11)6(9)3-4/h2*1-3,9H,(H,10,11). The minimum absolute atomic E-state index is 0.0644. The number of halogens is 2. The van der Waals surface area contributed by atoms with E-state index in [1.54, 1.807) is 12.1 Å². The van der Waals surface area contributed by atoms with E-state index in [0.717, 1.165) is 7.14 Å². The zero-order valence-electron chi connectivity index (χ0n) is 10.8. The number of hydrogen-bond donors (Lipinski definition) is 4. The lowest BCUT2D eigenvalue weighted by Gasteiger charge is -1.97. The number of carbonyl (C=O) groups is 2. The third-order valence-electron chi connectivity index (χ3n) is 2.38. The highest BCUT2D eigenvalue weighted by Crippen LogP contribution is 2.20. The highest BCUT2D eigenvalue weighted by Gasteiger charge is 2.08. The molecule has 0 heterocycles. The summed E-state index contributed by atoms with van der Waals surface area (Å²) in [4.78, 5) is 20.7. The number of carboxylic acid groups (broad SMARTS) is 2. The number of hydrogen-bond acceptors (Lipinski definition) is 4. The van der Waals surface area contributed by atoms with Gasteiger partial charge in [-0.3, -0.25) is 0 Å². The maximum atomic E-state index is 10.4. The van der Waals surface area contributed by atoms with Crippen LogP contribution < -0.4 is 0 Å². The van der Waals surface area contributed by atoms with Crippen LogP contribution in [-0.4, -0.2) is 32.4 Å². The Labute approximate surface area is 152 Å². The van der Waals surface area contributed by atoms with Crippen molar-refractivity contribution in [2.24, 2.45) is 0 Å². The summed E-state index contributed by atoms with van der Waals surface area (Å²) >= 11 is 3.99. The van der Waals surface area contributed by atoms with Crippen LogP contribution >= 0.6 is 45.2 Å². The molecule has 2 aromatic rings. The summed E-state index contributed by atoms with van der Waals surface area (Å²) in [6, 6.07) is 8.82. The van der Waals surface area contributed by atoms with Crippen LogP contribution in [0.4, 0.5) is 0 Å². The van der Waals surface area contributed by atoms with E-state index in [4.69, 9.17) is 20.4 Å². The summed E-state index contributed by atoms with van der Waals surface area (Å²) < 4.78 is 1.62. The fourth-order valence-electron chi connectivity index (χ4n) is 1.37. The van der Waals surface area contributed by atoms with Crippen molar-refractivity contribution >= 4 is 57.1 Å². The van der Waals surface area contributed by atoms with Gasteiger partial charge in [-0.2, -0.15) is 0 Å². The average molecular weight is 528 g/mol. The molecule has 0 spiro atoms. The molecule has 22 heavy (non-hydrogen) atoms. The van der Waals surface area contributed by atoms with Crippen LogP contribution in [0.3, 0.4) is 0 Å². The van der Waals surface area contributed by atoms with Crippen molar-refractivity contribution in [3.63, 3.8) is 0 Å². The molecule has 4 N–H and O–H groups in total. The zero-order valence-corrected chi connectivity index (χ0v) is 15.1. The van der Waals surface area contributed by atoms with Gasteiger partial charge in [-0.1, -0.05) is 0 Å². The largest absolute Gasteiger partial charge is 0.507 e. The second kappa shape index (κ2) is 8.17. The second-order valence-electron chi connectivity index (χ2n) is 3.93. The zero-order chi connectivity index (χ0) is 16.9. The Bertz CT molecular complexity index is 653. The van der Waals surface area contributed by atoms with Crippen molar-refractivity contribution < 1.29 is 30.0 Å². The summed E-state index contributed by atoms with van der Waals surface area (Å²) in [5, 5.41) is 35.1. The van der Waals surface area contributed by atoms with Crippen LogP contribution in [0, 0.1) is 7.14 Å². The lowest BCUT2D eigenvalue weighted by molar-refractivity contribution is 0.0682. The molecule has 0 radical (unpaired) electrons. The molecule has 0 atom stereocenters. The van der Waals surface area contributed by atoms with Gasteiger partial charge in [0.25, 0.3) is 0 Å². The lowest BCUT2D eigenvalue weighted by Crippen LogP contribution is -1.96. The Hall–Kier alpha value is -1.56. The normalized spacial score (nSPS) is 9.55. The maximum Gasteiger partial charge on any atom is 0.339 e. The van der Waals surface area contributed by atoms with E-state index < -0.39 is 11.9 Å². The van der Waals surface area contributed by atoms with Gasteiger partial charge >= 0.3 is 11.9 Å². The molecule has 0 aliphatic carbocycles. The van der Waals surface area contributed by atoms with E-state index >= 15 is 0 Å². The molecule has 0 bridgehead atoms. The van der Waals surface area contributed by atoms with Crippen LogP contribution in [0.15, 0.2) is 36.4 Å². The number of aromatic hydroxyl groups is 2. The first kappa shape index (κ1) is 18.5. The van der Waals surface area contributed by atoms with E-state index in [2.05, 4.69) is 0 Å². The van der Waals surface area contributed by atoms with Crippen LogP contribution in [0.25, 0.3) is 0 Å². The van der Waals surface area contributed by atoms with Crippen LogP contribution in [0.2, 0.25) is 0 Å². The van der Waals surface area contributed by atoms with E-state index in [1.165, 1.54) is 24.3 Å². The van der Waals surface area contributed by atoms with Crippen molar-refractivity contribution in [2.45, 2.75) is 0 Å². The molecule has 0 fully saturated rings. The summed E-state index contributed by atoms with van der Waals surface area (Å²) in [5.74, 6) is -2.60. The van der Waals surface area contributed by atoms with Crippen LogP contribution in [-0.2, 0) is 0 Å². The quantitative estimate of drug-likeness (QED) is 0.445. The number of phenols is 2. The molecular weight excluding hydrogens is 518 g/mol. The Morgan fingerprint density at radius 3 is 1.27 bits per heavy atom. The van der Waals surface area contributed by atoms with Gasteiger partial charge in [0.1, 0.15) is 22.6 Å². The highest BCUT2D eigenvalue weighted by atomic mass is 127. The first-order valence-corrected chi connectivity index (χ1v) is 7.81. The summed E-state index contributed by atoms with van der Waals surface area (Å²) in [6.45, 7) is 0. The molecule has 0 aliphatic rings. The monoisotopic (exact) mass is 528 g/mol. The van der Waals surface area contributed by atoms with Crippen LogP contribution in [0.5, 0.6) is 11.5 Å². The van der Waals surface area contributed by atoms with Crippen molar-refractivity contribution in [2.75, 3.05) is 0 Å². The molecule has 0 amide bonds. The lowest BCUT2D eigenvalue weighted by atomic mass is 10.2. The third-order valence-corrected chi connectivity index (χ3v) is 3.72. The molecule has 6 nitrogen and oxygen atoms in total. The van der Waals surface area contributed by atoms with E-state index in [1.807, 2.05) is 45.2 Å². The molecule has 116 valence electrons. The first-order chi connectivity index (χ1) is 10.2. The minimum atomic E-state index is -1.11. The summed E-state index contributed by atoms with van der Waals surface area (Å²) in [5.41, 5.74) is -0.129. The second-order valence-corrected chi connectivity index (χ2v) is 6.42. The van der Waals surface area contributed by atoms with Crippen molar-refractivity contribution in [1.29, 1.82) is 0 Å². The Kier molecular flexibility index (Phi) is 6.87. The number of benzene rings is 2. The number of rotatable bonds is 2. The molecule has 0 aliphatic heterocycles. The van der Waals surface area contributed by atoms with Gasteiger partial charge in [0, 0.05) is 7.14 Å². The minimum Gasteiger partial charge on any atom is -0.507 e. The molecule has 0 saturated heterocycles. The third kappa shape index (κ3) is 5.33. The predicted octanol–water partition coefficient (Wildman–Crippen LogP) is 3.39. The van der Waals surface area contributed by atoms with Crippen LogP contribution in [0.1, 0.15) is 20.7 Å². The van der Waals surface area contributed by atoms with Gasteiger partial charge in [-0.15, -0.1) is 0 Å².